The molecule has 0 bridgehead atoms. The molecule has 7 heteroatoms. The molecule has 2 aliphatic rings. The van der Waals surface area contributed by atoms with Crippen molar-refractivity contribution >= 4 is 11.8 Å². The van der Waals surface area contributed by atoms with Gasteiger partial charge in [0.2, 0.25) is 5.91 Å². The van der Waals surface area contributed by atoms with Gasteiger partial charge in [-0.3, -0.25) is 9.59 Å². The van der Waals surface area contributed by atoms with E-state index >= 15 is 0 Å². The van der Waals surface area contributed by atoms with E-state index in [9.17, 15) is 9.59 Å². The monoisotopic (exact) mass is 354 g/mol. The summed E-state index contributed by atoms with van der Waals surface area (Å²) in [5.41, 5.74) is 2.97. The molecule has 7 nitrogen and oxygen atoms in total. The van der Waals surface area contributed by atoms with Gasteiger partial charge in [-0.05, 0) is 12.1 Å². The summed E-state index contributed by atoms with van der Waals surface area (Å²) >= 11 is 0. The zero-order valence-electron chi connectivity index (χ0n) is 14.7. The highest BCUT2D eigenvalue weighted by atomic mass is 16.2. The first kappa shape index (κ1) is 16.8. The third-order valence-corrected chi connectivity index (χ3v) is 5.56. The van der Waals surface area contributed by atoms with Crippen LogP contribution >= 0.6 is 0 Å². The first-order chi connectivity index (χ1) is 12.7. The van der Waals surface area contributed by atoms with Crippen LogP contribution in [0.25, 0.3) is 0 Å². The lowest BCUT2D eigenvalue weighted by Crippen LogP contribution is -2.97. The zero-order chi connectivity index (χ0) is 18.0. The van der Waals surface area contributed by atoms with E-state index in [2.05, 4.69) is 20.6 Å². The molecule has 1 aromatic carbocycles. The highest BCUT2D eigenvalue weighted by Crippen LogP contribution is 2.31. The molecule has 2 aliphatic heterocycles. The SMILES string of the molecule is O=C(NCC(=O)N1CCC2(CC1)[NH2+]CCc1[nH]cnc12)c1ccccc1. The first-order valence-corrected chi connectivity index (χ1v) is 9.16. The van der Waals surface area contributed by atoms with Gasteiger partial charge >= 0.3 is 0 Å². The third kappa shape index (κ3) is 3.10. The van der Waals surface area contributed by atoms with E-state index in [0.29, 0.717) is 18.7 Å². The van der Waals surface area contributed by atoms with Gasteiger partial charge in [0.1, 0.15) is 11.2 Å². The van der Waals surface area contributed by atoms with Crippen molar-refractivity contribution < 1.29 is 14.9 Å². The van der Waals surface area contributed by atoms with Gasteiger partial charge in [0.15, 0.2) is 0 Å². The van der Waals surface area contributed by atoms with E-state index in [1.807, 2.05) is 23.1 Å². The maximum absolute atomic E-state index is 12.5. The smallest absolute Gasteiger partial charge is 0.251 e. The second-order valence-electron chi connectivity index (χ2n) is 7.06. The maximum atomic E-state index is 12.5. The number of nitrogens with two attached hydrogens (primary N) is 1. The topological polar surface area (TPSA) is 94.7 Å². The number of aromatic amines is 1. The molecule has 0 atom stereocenters. The van der Waals surface area contributed by atoms with Crippen molar-refractivity contribution in [2.24, 2.45) is 0 Å². The number of H-pyrrole nitrogens is 1. The summed E-state index contributed by atoms with van der Waals surface area (Å²) in [4.78, 5) is 34.2. The number of aromatic nitrogens is 2. The number of hydrogen-bond acceptors (Lipinski definition) is 3. The molecule has 0 radical (unpaired) electrons. The Morgan fingerprint density at radius 2 is 2.00 bits per heavy atom. The number of quaternary nitrogens is 1. The summed E-state index contributed by atoms with van der Waals surface area (Å²) in [5.74, 6) is -0.239. The average molecular weight is 354 g/mol. The number of piperidine rings is 1. The van der Waals surface area contributed by atoms with Crippen molar-refractivity contribution in [3.8, 4) is 0 Å². The minimum Gasteiger partial charge on any atom is -0.348 e. The standard InChI is InChI=1S/C19H23N5O2/c25-16(12-20-18(26)14-4-2-1-3-5-14)24-10-7-19(8-11-24)17-15(6-9-23-19)21-13-22-17/h1-5,13,23H,6-12H2,(H,20,26)(H,21,22)/p+1. The fourth-order valence-electron chi connectivity index (χ4n) is 4.09. The summed E-state index contributed by atoms with van der Waals surface area (Å²) in [6, 6.07) is 8.96. The predicted molar refractivity (Wildman–Crippen MR) is 95.4 cm³/mol. The van der Waals surface area contributed by atoms with Crippen LogP contribution in [-0.2, 0) is 16.8 Å². The molecule has 136 valence electrons. The Balaban J connectivity index is 1.33. The second kappa shape index (κ2) is 6.92. The Hall–Kier alpha value is -2.67. The van der Waals surface area contributed by atoms with Crippen LogP contribution in [0.2, 0.25) is 0 Å². The minimum absolute atomic E-state index is 0.00233. The van der Waals surface area contributed by atoms with E-state index in [1.165, 1.54) is 5.69 Å². The number of rotatable bonds is 3. The molecular weight excluding hydrogens is 330 g/mol. The molecule has 1 spiro atoms. The van der Waals surface area contributed by atoms with Gasteiger partial charge < -0.3 is 20.5 Å². The predicted octanol–water partition coefficient (Wildman–Crippen LogP) is -0.223. The number of carbonyl (C=O) groups is 2. The molecule has 2 aromatic rings. The highest BCUT2D eigenvalue weighted by Gasteiger charge is 2.45. The van der Waals surface area contributed by atoms with Crippen molar-refractivity contribution in [3.63, 3.8) is 0 Å². The zero-order valence-corrected chi connectivity index (χ0v) is 14.7. The molecule has 0 aliphatic carbocycles. The van der Waals surface area contributed by atoms with Crippen LogP contribution < -0.4 is 10.6 Å². The quantitative estimate of drug-likeness (QED) is 0.711. The molecular formula is C19H24N5O2+. The molecule has 26 heavy (non-hydrogen) atoms. The number of likely N-dealkylation sites (tertiary alicyclic amines) is 1. The molecule has 0 unspecified atom stereocenters. The third-order valence-electron chi connectivity index (χ3n) is 5.56. The summed E-state index contributed by atoms with van der Waals surface area (Å²) in [5, 5.41) is 5.11. The number of imidazole rings is 1. The van der Waals surface area contributed by atoms with Crippen LogP contribution in [-0.4, -0.2) is 52.9 Å². The molecule has 0 saturated carbocycles. The Morgan fingerprint density at radius 1 is 1.23 bits per heavy atom. The van der Waals surface area contributed by atoms with Gasteiger partial charge in [-0.2, -0.15) is 0 Å². The van der Waals surface area contributed by atoms with Crippen LogP contribution in [0.1, 0.15) is 34.6 Å². The van der Waals surface area contributed by atoms with Crippen LogP contribution in [0.15, 0.2) is 36.7 Å². The van der Waals surface area contributed by atoms with Crippen LogP contribution in [0, 0.1) is 0 Å². The number of nitrogens with zero attached hydrogens (tertiary/aromatic N) is 2. The number of carbonyl (C=O) groups excluding carboxylic acids is 2. The maximum Gasteiger partial charge on any atom is 0.251 e. The average Bonchev–Trinajstić information content (AvgIpc) is 3.18. The Bertz CT molecular complexity index is 793. The van der Waals surface area contributed by atoms with Gasteiger partial charge in [0.25, 0.3) is 5.91 Å². The molecule has 1 fully saturated rings. The number of hydrogen-bond donors (Lipinski definition) is 3. The fraction of sp³-hybridized carbons (Fsp3) is 0.421. The minimum atomic E-state index is -0.214. The van der Waals surface area contributed by atoms with E-state index in [4.69, 9.17) is 0 Å². The van der Waals surface area contributed by atoms with Gasteiger partial charge in [-0.25, -0.2) is 4.98 Å². The van der Waals surface area contributed by atoms with Crippen molar-refractivity contribution in [3.05, 3.63) is 53.6 Å². The van der Waals surface area contributed by atoms with Crippen molar-refractivity contribution in [1.29, 1.82) is 0 Å². The molecule has 4 rings (SSSR count). The Labute approximate surface area is 152 Å². The fourth-order valence-corrected chi connectivity index (χ4v) is 4.09. The van der Waals surface area contributed by atoms with Crippen molar-refractivity contribution in [2.75, 3.05) is 26.2 Å². The van der Waals surface area contributed by atoms with Crippen molar-refractivity contribution in [1.82, 2.24) is 20.2 Å². The summed E-state index contributed by atoms with van der Waals surface area (Å²) in [7, 11) is 0. The molecule has 4 N–H and O–H groups in total. The lowest BCUT2D eigenvalue weighted by Gasteiger charge is -2.41. The second-order valence-corrected chi connectivity index (χ2v) is 7.06. The number of amides is 2. The molecule has 1 saturated heterocycles. The number of benzene rings is 1. The van der Waals surface area contributed by atoms with Crippen LogP contribution in [0.4, 0.5) is 0 Å². The lowest BCUT2D eigenvalue weighted by atomic mass is 9.80. The number of fused-ring (bicyclic) bond motifs is 2. The molecule has 2 amide bonds. The van der Waals surface area contributed by atoms with E-state index in [1.54, 1.807) is 18.5 Å². The van der Waals surface area contributed by atoms with Gasteiger partial charge in [0.05, 0.1) is 19.4 Å². The summed E-state index contributed by atoms with van der Waals surface area (Å²) in [6.07, 6.45) is 4.58. The molecule has 3 heterocycles. The van der Waals surface area contributed by atoms with E-state index < -0.39 is 0 Å². The van der Waals surface area contributed by atoms with Crippen molar-refractivity contribution in [2.45, 2.75) is 24.8 Å². The van der Waals surface area contributed by atoms with Gasteiger partial charge in [0, 0.05) is 43.6 Å². The summed E-state index contributed by atoms with van der Waals surface area (Å²) in [6.45, 7) is 2.49. The van der Waals surface area contributed by atoms with Crippen LogP contribution in [0.5, 0.6) is 0 Å². The lowest BCUT2D eigenvalue weighted by molar-refractivity contribution is -0.743. The van der Waals surface area contributed by atoms with E-state index in [0.717, 1.165) is 31.5 Å². The first-order valence-electron chi connectivity index (χ1n) is 9.16. The summed E-state index contributed by atoms with van der Waals surface area (Å²) < 4.78 is 0. The Morgan fingerprint density at radius 3 is 2.77 bits per heavy atom. The number of nitrogens with one attached hydrogen (secondary N) is 2. The van der Waals surface area contributed by atoms with Gasteiger partial charge in [-0.1, -0.05) is 18.2 Å². The molecule has 1 aromatic heterocycles. The normalized spacial score (nSPS) is 18.4. The highest BCUT2D eigenvalue weighted by molar-refractivity contribution is 5.96. The van der Waals surface area contributed by atoms with Gasteiger partial charge in [-0.15, -0.1) is 0 Å². The largest absolute Gasteiger partial charge is 0.348 e. The Kier molecular flexibility index (Phi) is 4.46. The van der Waals surface area contributed by atoms with E-state index in [-0.39, 0.29) is 23.9 Å². The van der Waals surface area contributed by atoms with Crippen LogP contribution in [0.3, 0.4) is 0 Å².